The van der Waals surface area contributed by atoms with Gasteiger partial charge in [0.25, 0.3) is 0 Å². The Bertz CT molecular complexity index is 377. The summed E-state index contributed by atoms with van der Waals surface area (Å²) < 4.78 is 0. The first-order valence-corrected chi connectivity index (χ1v) is 9.14. The first-order valence-electron chi connectivity index (χ1n) is 6.93. The van der Waals surface area contributed by atoms with E-state index in [0.717, 1.165) is 24.0 Å². The number of nitrogens with zero attached hydrogens (tertiary/aromatic N) is 2. The molecule has 110 valence electrons. The maximum Gasteiger partial charge on any atom is 0.185 e. The van der Waals surface area contributed by atoms with E-state index in [1.807, 2.05) is 23.1 Å². The van der Waals surface area contributed by atoms with Crippen LogP contribution in [0.3, 0.4) is 0 Å². The first kappa shape index (κ1) is 16.8. The molecule has 0 bridgehead atoms. The molecule has 0 saturated heterocycles. The highest BCUT2D eigenvalue weighted by Crippen LogP contribution is 2.31. The van der Waals surface area contributed by atoms with Crippen LogP contribution in [0.1, 0.15) is 44.2 Å². The summed E-state index contributed by atoms with van der Waals surface area (Å²) in [5.41, 5.74) is 1.25. The first-order chi connectivity index (χ1) is 9.01. The molecule has 0 aliphatic rings. The Morgan fingerprint density at radius 3 is 2.58 bits per heavy atom. The second kappa shape index (κ2) is 8.12. The van der Waals surface area contributed by atoms with Crippen LogP contribution in [0, 0.1) is 0 Å². The Labute approximate surface area is 126 Å². The molecule has 1 N–H and O–H groups in total. The van der Waals surface area contributed by atoms with E-state index in [2.05, 4.69) is 51.2 Å². The van der Waals surface area contributed by atoms with E-state index >= 15 is 0 Å². The van der Waals surface area contributed by atoms with Crippen LogP contribution in [0.5, 0.6) is 0 Å². The quantitative estimate of drug-likeness (QED) is 0.794. The van der Waals surface area contributed by atoms with Crippen molar-refractivity contribution in [1.82, 2.24) is 10.3 Å². The molecule has 1 unspecified atom stereocenters. The summed E-state index contributed by atoms with van der Waals surface area (Å²) in [6.45, 7) is 10.8. The third-order valence-corrected chi connectivity index (χ3v) is 5.15. The van der Waals surface area contributed by atoms with E-state index in [1.54, 1.807) is 0 Å². The third kappa shape index (κ3) is 4.65. The van der Waals surface area contributed by atoms with Crippen molar-refractivity contribution in [3.8, 4) is 0 Å². The molecule has 1 aromatic heterocycles. The summed E-state index contributed by atoms with van der Waals surface area (Å²) >= 11 is 3.72. The molecule has 0 spiro atoms. The van der Waals surface area contributed by atoms with Crippen LogP contribution >= 0.6 is 23.1 Å². The summed E-state index contributed by atoms with van der Waals surface area (Å²) in [6.07, 6.45) is 2.16. The summed E-state index contributed by atoms with van der Waals surface area (Å²) in [5.74, 6) is 1.62. The van der Waals surface area contributed by atoms with Gasteiger partial charge in [-0.1, -0.05) is 20.8 Å². The fourth-order valence-electron chi connectivity index (χ4n) is 1.86. The molecule has 1 heterocycles. The maximum atomic E-state index is 4.86. The lowest BCUT2D eigenvalue weighted by Crippen LogP contribution is -2.30. The van der Waals surface area contributed by atoms with Crippen molar-refractivity contribution in [3.63, 3.8) is 0 Å². The van der Waals surface area contributed by atoms with E-state index in [4.69, 9.17) is 4.98 Å². The van der Waals surface area contributed by atoms with E-state index in [-0.39, 0.29) is 0 Å². The van der Waals surface area contributed by atoms with Crippen LogP contribution < -0.4 is 10.2 Å². The van der Waals surface area contributed by atoms with E-state index in [9.17, 15) is 0 Å². The van der Waals surface area contributed by atoms with Gasteiger partial charge in [0.05, 0.1) is 5.69 Å². The number of thioether (sulfide) groups is 1. The second-order valence-electron chi connectivity index (χ2n) is 5.16. The molecule has 0 aromatic carbocycles. The van der Waals surface area contributed by atoms with E-state index in [0.29, 0.717) is 12.0 Å². The topological polar surface area (TPSA) is 28.2 Å². The molecule has 1 aromatic rings. The van der Waals surface area contributed by atoms with Crippen molar-refractivity contribution in [2.45, 2.75) is 46.2 Å². The van der Waals surface area contributed by atoms with Crippen LogP contribution in [-0.2, 0) is 6.54 Å². The molecule has 1 rings (SSSR count). The SMILES string of the molecule is CCNCc1sc(N(C)C(C)CSC)nc1C(C)C. The Morgan fingerprint density at radius 2 is 2.05 bits per heavy atom. The largest absolute Gasteiger partial charge is 0.348 e. The molecular formula is C14H27N3S2. The normalized spacial score (nSPS) is 13.0. The number of hydrogen-bond acceptors (Lipinski definition) is 5. The van der Waals surface area contributed by atoms with Gasteiger partial charge in [0, 0.05) is 30.3 Å². The van der Waals surface area contributed by atoms with Crippen molar-refractivity contribution in [2.24, 2.45) is 0 Å². The van der Waals surface area contributed by atoms with Gasteiger partial charge >= 0.3 is 0 Å². The minimum atomic E-state index is 0.489. The summed E-state index contributed by atoms with van der Waals surface area (Å²) in [5, 5.41) is 4.57. The van der Waals surface area contributed by atoms with Crippen molar-refractivity contribution in [2.75, 3.05) is 30.5 Å². The van der Waals surface area contributed by atoms with Gasteiger partial charge in [0.2, 0.25) is 0 Å². The summed E-state index contributed by atoms with van der Waals surface area (Å²) in [6, 6.07) is 0.521. The Balaban J connectivity index is 2.89. The average molecular weight is 302 g/mol. The fourth-order valence-corrected chi connectivity index (χ4v) is 3.81. The van der Waals surface area contributed by atoms with Gasteiger partial charge in [-0.15, -0.1) is 11.3 Å². The summed E-state index contributed by atoms with van der Waals surface area (Å²) in [4.78, 5) is 8.55. The lowest BCUT2D eigenvalue weighted by atomic mass is 10.1. The Hall–Kier alpha value is -0.260. The van der Waals surface area contributed by atoms with Crippen molar-refractivity contribution >= 4 is 28.2 Å². The molecule has 19 heavy (non-hydrogen) atoms. The molecular weight excluding hydrogens is 274 g/mol. The number of hydrogen-bond donors (Lipinski definition) is 1. The average Bonchev–Trinajstić information content (AvgIpc) is 2.79. The van der Waals surface area contributed by atoms with Crippen molar-refractivity contribution < 1.29 is 0 Å². The Morgan fingerprint density at radius 1 is 1.37 bits per heavy atom. The molecule has 5 heteroatoms. The van der Waals surface area contributed by atoms with Crippen LogP contribution in [0.4, 0.5) is 5.13 Å². The molecule has 1 atom stereocenters. The minimum Gasteiger partial charge on any atom is -0.348 e. The maximum absolute atomic E-state index is 4.86. The van der Waals surface area contributed by atoms with Gasteiger partial charge in [-0.25, -0.2) is 4.98 Å². The smallest absolute Gasteiger partial charge is 0.185 e. The highest BCUT2D eigenvalue weighted by atomic mass is 32.2. The second-order valence-corrected chi connectivity index (χ2v) is 7.13. The highest BCUT2D eigenvalue weighted by Gasteiger charge is 2.18. The third-order valence-electron chi connectivity index (χ3n) is 3.17. The zero-order chi connectivity index (χ0) is 14.4. The van der Waals surface area contributed by atoms with Crippen LogP contribution in [0.15, 0.2) is 0 Å². The molecule has 0 aliphatic heterocycles. The van der Waals surface area contributed by atoms with E-state index in [1.165, 1.54) is 10.6 Å². The zero-order valence-corrected chi connectivity index (χ0v) is 14.6. The fraction of sp³-hybridized carbons (Fsp3) is 0.786. The summed E-state index contributed by atoms with van der Waals surface area (Å²) in [7, 11) is 2.15. The van der Waals surface area contributed by atoms with E-state index < -0.39 is 0 Å². The molecule has 0 amide bonds. The zero-order valence-electron chi connectivity index (χ0n) is 13.0. The van der Waals surface area contributed by atoms with Gasteiger partial charge in [0.15, 0.2) is 5.13 Å². The van der Waals surface area contributed by atoms with Gasteiger partial charge in [0.1, 0.15) is 0 Å². The van der Waals surface area contributed by atoms with Gasteiger partial charge < -0.3 is 10.2 Å². The van der Waals surface area contributed by atoms with Gasteiger partial charge in [-0.3, -0.25) is 0 Å². The number of thiazole rings is 1. The van der Waals surface area contributed by atoms with Crippen LogP contribution in [-0.4, -0.2) is 36.6 Å². The Kier molecular flexibility index (Phi) is 7.18. The number of rotatable bonds is 8. The molecule has 0 aliphatic carbocycles. The van der Waals surface area contributed by atoms with Crippen LogP contribution in [0.25, 0.3) is 0 Å². The van der Waals surface area contributed by atoms with Crippen LogP contribution in [0.2, 0.25) is 0 Å². The molecule has 0 radical (unpaired) electrons. The van der Waals surface area contributed by atoms with Crippen molar-refractivity contribution in [3.05, 3.63) is 10.6 Å². The molecule has 0 saturated carbocycles. The predicted octanol–water partition coefficient (Wildman–Crippen LogP) is 3.56. The monoisotopic (exact) mass is 301 g/mol. The molecule has 3 nitrogen and oxygen atoms in total. The predicted molar refractivity (Wildman–Crippen MR) is 89.8 cm³/mol. The lowest BCUT2D eigenvalue weighted by Gasteiger charge is -2.23. The highest BCUT2D eigenvalue weighted by molar-refractivity contribution is 7.98. The number of anilines is 1. The minimum absolute atomic E-state index is 0.489. The van der Waals surface area contributed by atoms with Crippen molar-refractivity contribution in [1.29, 1.82) is 0 Å². The van der Waals surface area contributed by atoms with Gasteiger partial charge in [-0.05, 0) is 25.6 Å². The lowest BCUT2D eigenvalue weighted by molar-refractivity contribution is 0.711. The standard InChI is InChI=1S/C14H27N3S2/c1-7-15-8-12-13(10(2)3)16-14(19-12)17(5)11(4)9-18-6/h10-11,15H,7-9H2,1-6H3. The number of aromatic nitrogens is 1. The van der Waals surface area contributed by atoms with Gasteiger partial charge in [-0.2, -0.15) is 11.8 Å². The molecule has 0 fully saturated rings. The number of nitrogens with one attached hydrogen (secondary N) is 1.